The van der Waals surface area contributed by atoms with E-state index in [9.17, 15) is 0 Å². The summed E-state index contributed by atoms with van der Waals surface area (Å²) in [5, 5.41) is 0. The largest absolute Gasteiger partial charge is 0.381 e. The van der Waals surface area contributed by atoms with Gasteiger partial charge in [0.1, 0.15) is 5.69 Å². The van der Waals surface area contributed by atoms with Gasteiger partial charge in [-0.05, 0) is 24.6 Å². The molecule has 2 N–H and O–H groups in total. The molecule has 0 atom stereocenters. The number of anilines is 1. The molecule has 0 unspecified atom stereocenters. The normalized spacial score (nSPS) is 10.4. The highest BCUT2D eigenvalue weighted by atomic mass is 79.9. The van der Waals surface area contributed by atoms with Crippen molar-refractivity contribution in [3.05, 3.63) is 28.2 Å². The van der Waals surface area contributed by atoms with Crippen molar-refractivity contribution in [1.82, 2.24) is 8.75 Å². The van der Waals surface area contributed by atoms with Gasteiger partial charge in [-0.2, -0.15) is 8.75 Å². The molecule has 14 heavy (non-hydrogen) atoms. The lowest BCUT2D eigenvalue weighted by molar-refractivity contribution is 1.40. The van der Waals surface area contributed by atoms with Crippen molar-refractivity contribution in [2.24, 2.45) is 0 Å². The fourth-order valence-corrected chi connectivity index (χ4v) is 2.08. The Bertz CT molecular complexity index is 467. The molecular formula is C9H8BrN3S. The van der Waals surface area contributed by atoms with Crippen LogP contribution in [0.4, 0.5) is 5.82 Å². The van der Waals surface area contributed by atoms with Crippen molar-refractivity contribution in [1.29, 1.82) is 0 Å². The maximum Gasteiger partial charge on any atom is 0.165 e. The molecular weight excluding hydrogens is 262 g/mol. The van der Waals surface area contributed by atoms with E-state index in [0.717, 1.165) is 33.0 Å². The van der Waals surface area contributed by atoms with Gasteiger partial charge in [-0.15, -0.1) is 0 Å². The summed E-state index contributed by atoms with van der Waals surface area (Å²) in [5.41, 5.74) is 8.66. The van der Waals surface area contributed by atoms with E-state index in [0.29, 0.717) is 5.82 Å². The van der Waals surface area contributed by atoms with Crippen LogP contribution in [0.5, 0.6) is 0 Å². The van der Waals surface area contributed by atoms with Gasteiger partial charge in [-0.25, -0.2) is 0 Å². The Morgan fingerprint density at radius 2 is 2.14 bits per heavy atom. The molecule has 2 rings (SSSR count). The van der Waals surface area contributed by atoms with E-state index in [1.54, 1.807) is 0 Å². The summed E-state index contributed by atoms with van der Waals surface area (Å²) in [5.74, 6) is 0.496. The van der Waals surface area contributed by atoms with Gasteiger partial charge in [-0.3, -0.25) is 0 Å². The molecule has 1 heterocycles. The maximum atomic E-state index is 5.71. The summed E-state index contributed by atoms with van der Waals surface area (Å²) in [6.45, 7) is 2.03. The number of nitrogen functional groups attached to an aromatic ring is 1. The zero-order chi connectivity index (χ0) is 10.1. The molecule has 72 valence electrons. The lowest BCUT2D eigenvalue weighted by atomic mass is 10.1. The second kappa shape index (κ2) is 3.67. The van der Waals surface area contributed by atoms with Gasteiger partial charge in [0.15, 0.2) is 5.82 Å². The topological polar surface area (TPSA) is 51.8 Å². The summed E-state index contributed by atoms with van der Waals surface area (Å²) < 4.78 is 9.15. The van der Waals surface area contributed by atoms with E-state index in [-0.39, 0.29) is 0 Å². The molecule has 1 aromatic carbocycles. The molecule has 0 aliphatic heterocycles. The van der Waals surface area contributed by atoms with Crippen molar-refractivity contribution in [3.8, 4) is 11.3 Å². The van der Waals surface area contributed by atoms with Crippen LogP contribution in [0.2, 0.25) is 0 Å². The molecule has 0 spiro atoms. The summed E-state index contributed by atoms with van der Waals surface area (Å²) in [4.78, 5) is 0. The Morgan fingerprint density at radius 3 is 2.79 bits per heavy atom. The average molecular weight is 270 g/mol. The van der Waals surface area contributed by atoms with Crippen LogP contribution in [0.1, 0.15) is 5.56 Å². The minimum Gasteiger partial charge on any atom is -0.381 e. The first-order valence-corrected chi connectivity index (χ1v) is 5.55. The van der Waals surface area contributed by atoms with Gasteiger partial charge in [-0.1, -0.05) is 22.0 Å². The van der Waals surface area contributed by atoms with E-state index in [1.165, 1.54) is 0 Å². The molecule has 0 amide bonds. The van der Waals surface area contributed by atoms with Crippen LogP contribution in [0, 0.1) is 6.92 Å². The summed E-state index contributed by atoms with van der Waals surface area (Å²) in [6.07, 6.45) is 0. The molecule has 0 radical (unpaired) electrons. The van der Waals surface area contributed by atoms with Crippen molar-refractivity contribution < 1.29 is 0 Å². The predicted molar refractivity (Wildman–Crippen MR) is 62.2 cm³/mol. The number of hydrogen-bond acceptors (Lipinski definition) is 4. The number of rotatable bonds is 1. The lowest BCUT2D eigenvalue weighted by Gasteiger charge is -2.03. The molecule has 0 aliphatic rings. The van der Waals surface area contributed by atoms with E-state index < -0.39 is 0 Å². The predicted octanol–water partition coefficient (Wildman–Crippen LogP) is 2.86. The first-order valence-electron chi connectivity index (χ1n) is 4.03. The van der Waals surface area contributed by atoms with Crippen LogP contribution >= 0.6 is 27.7 Å². The zero-order valence-corrected chi connectivity index (χ0v) is 9.89. The Morgan fingerprint density at radius 1 is 1.36 bits per heavy atom. The van der Waals surface area contributed by atoms with E-state index in [2.05, 4.69) is 24.7 Å². The second-order valence-electron chi connectivity index (χ2n) is 2.96. The number of halogens is 1. The smallest absolute Gasteiger partial charge is 0.165 e. The highest BCUT2D eigenvalue weighted by Crippen LogP contribution is 2.29. The van der Waals surface area contributed by atoms with Crippen molar-refractivity contribution in [2.45, 2.75) is 6.92 Å². The monoisotopic (exact) mass is 269 g/mol. The lowest BCUT2D eigenvalue weighted by Crippen LogP contribution is -1.90. The quantitative estimate of drug-likeness (QED) is 0.866. The van der Waals surface area contributed by atoms with Crippen LogP contribution in [-0.4, -0.2) is 8.75 Å². The van der Waals surface area contributed by atoms with Crippen molar-refractivity contribution >= 4 is 33.5 Å². The number of nitrogens with zero attached hydrogens (tertiary/aromatic N) is 2. The molecule has 2 aromatic rings. The Balaban J connectivity index is 2.62. The number of aryl methyl sites for hydroxylation is 1. The highest BCUT2D eigenvalue weighted by Gasteiger charge is 2.09. The molecule has 0 bridgehead atoms. The third-order valence-electron chi connectivity index (χ3n) is 1.97. The van der Waals surface area contributed by atoms with Crippen LogP contribution in [-0.2, 0) is 0 Å². The fraction of sp³-hybridized carbons (Fsp3) is 0.111. The molecule has 0 saturated carbocycles. The van der Waals surface area contributed by atoms with Crippen LogP contribution in [0.3, 0.4) is 0 Å². The second-order valence-corrected chi connectivity index (χ2v) is 4.40. The number of nitrogens with two attached hydrogens (primary N) is 1. The number of hydrogen-bond donors (Lipinski definition) is 1. The van der Waals surface area contributed by atoms with Crippen molar-refractivity contribution in [2.75, 3.05) is 5.73 Å². The van der Waals surface area contributed by atoms with E-state index >= 15 is 0 Å². The first-order chi connectivity index (χ1) is 6.68. The van der Waals surface area contributed by atoms with E-state index in [1.807, 2.05) is 25.1 Å². The third kappa shape index (κ3) is 1.65. The van der Waals surface area contributed by atoms with Crippen molar-refractivity contribution in [3.63, 3.8) is 0 Å². The minimum absolute atomic E-state index is 0.496. The Labute approximate surface area is 94.4 Å². The summed E-state index contributed by atoms with van der Waals surface area (Å²) in [6, 6.07) is 6.02. The number of benzene rings is 1. The van der Waals surface area contributed by atoms with Crippen LogP contribution < -0.4 is 5.73 Å². The standard InChI is InChI=1S/C9H8BrN3S/c1-5-2-3-6(10)4-7(5)8-9(11)13-14-12-8/h2-4H,1H3,(H2,11,13). The molecule has 0 aliphatic carbocycles. The minimum atomic E-state index is 0.496. The van der Waals surface area contributed by atoms with Gasteiger partial charge in [0.25, 0.3) is 0 Å². The van der Waals surface area contributed by atoms with Gasteiger partial charge in [0, 0.05) is 10.0 Å². The fourth-order valence-electron chi connectivity index (χ4n) is 1.23. The Hall–Kier alpha value is -0.940. The third-order valence-corrected chi connectivity index (χ3v) is 3.00. The number of aromatic nitrogens is 2. The molecule has 0 fully saturated rings. The average Bonchev–Trinajstić information content (AvgIpc) is 2.56. The molecule has 3 nitrogen and oxygen atoms in total. The van der Waals surface area contributed by atoms with Crippen LogP contribution in [0.25, 0.3) is 11.3 Å². The first kappa shape index (κ1) is 9.61. The van der Waals surface area contributed by atoms with Gasteiger partial charge in [0.05, 0.1) is 11.7 Å². The maximum absolute atomic E-state index is 5.71. The molecule has 5 heteroatoms. The van der Waals surface area contributed by atoms with Gasteiger partial charge in [0.2, 0.25) is 0 Å². The molecule has 0 saturated heterocycles. The van der Waals surface area contributed by atoms with E-state index in [4.69, 9.17) is 5.73 Å². The van der Waals surface area contributed by atoms with Crippen LogP contribution in [0.15, 0.2) is 22.7 Å². The summed E-state index contributed by atoms with van der Waals surface area (Å²) in [7, 11) is 0. The SMILES string of the molecule is Cc1ccc(Br)cc1-c1nsnc1N. The molecule has 1 aromatic heterocycles. The van der Waals surface area contributed by atoms with Gasteiger partial charge < -0.3 is 5.73 Å². The highest BCUT2D eigenvalue weighted by molar-refractivity contribution is 9.10. The van der Waals surface area contributed by atoms with Gasteiger partial charge >= 0.3 is 0 Å². The zero-order valence-electron chi connectivity index (χ0n) is 7.49. The Kier molecular flexibility index (Phi) is 2.52. The summed E-state index contributed by atoms with van der Waals surface area (Å²) >= 11 is 4.56.